The van der Waals surface area contributed by atoms with Crippen molar-refractivity contribution in [1.29, 1.82) is 5.26 Å². The van der Waals surface area contributed by atoms with Gasteiger partial charge in [-0.2, -0.15) is 5.26 Å². The zero-order chi connectivity index (χ0) is 20.9. The van der Waals surface area contributed by atoms with Crippen LogP contribution in [0.25, 0.3) is 22.2 Å². The number of thioether (sulfide) groups is 1. The lowest BCUT2D eigenvalue weighted by Crippen LogP contribution is -2.14. The summed E-state index contributed by atoms with van der Waals surface area (Å²) in [4.78, 5) is 21.6. The van der Waals surface area contributed by atoms with E-state index in [0.29, 0.717) is 16.3 Å². The third kappa shape index (κ3) is 4.17. The summed E-state index contributed by atoms with van der Waals surface area (Å²) in [6.45, 7) is 1.94. The highest BCUT2D eigenvalue weighted by atomic mass is 32.2. The highest BCUT2D eigenvalue weighted by Crippen LogP contribution is 2.29. The monoisotopic (exact) mass is 410 g/mol. The van der Waals surface area contributed by atoms with Gasteiger partial charge in [0.2, 0.25) is 5.91 Å². The molecule has 0 fully saturated rings. The van der Waals surface area contributed by atoms with Gasteiger partial charge in [0.25, 0.3) is 0 Å². The van der Waals surface area contributed by atoms with Crippen LogP contribution in [0, 0.1) is 18.3 Å². The van der Waals surface area contributed by atoms with E-state index in [2.05, 4.69) is 16.4 Å². The number of nitrogens with zero attached hydrogens (tertiary/aromatic N) is 3. The van der Waals surface area contributed by atoms with Gasteiger partial charge < -0.3 is 5.32 Å². The number of nitriles is 1. The zero-order valence-electron chi connectivity index (χ0n) is 16.3. The Bertz CT molecular complexity index is 1260. The summed E-state index contributed by atoms with van der Waals surface area (Å²) in [7, 11) is 0. The Balaban J connectivity index is 1.54. The Labute approximate surface area is 178 Å². The molecule has 0 unspecified atom stereocenters. The number of aryl methyl sites for hydroxylation is 1. The molecule has 4 rings (SSSR count). The molecule has 30 heavy (non-hydrogen) atoms. The molecule has 1 N–H and O–H groups in total. The van der Waals surface area contributed by atoms with E-state index in [4.69, 9.17) is 4.98 Å². The van der Waals surface area contributed by atoms with Crippen molar-refractivity contribution in [3.8, 4) is 17.3 Å². The summed E-state index contributed by atoms with van der Waals surface area (Å²) < 4.78 is 0. The van der Waals surface area contributed by atoms with E-state index < -0.39 is 0 Å². The van der Waals surface area contributed by atoms with Crippen LogP contribution in [0.3, 0.4) is 0 Å². The first-order chi connectivity index (χ1) is 14.7. The second kappa shape index (κ2) is 8.76. The van der Waals surface area contributed by atoms with Gasteiger partial charge in [0.05, 0.1) is 28.2 Å². The zero-order valence-corrected chi connectivity index (χ0v) is 17.1. The maximum absolute atomic E-state index is 12.6. The number of anilines is 1. The molecule has 0 atom stereocenters. The van der Waals surface area contributed by atoms with Crippen molar-refractivity contribution in [3.05, 3.63) is 84.1 Å². The number of aromatic nitrogens is 2. The number of hydrogen-bond donors (Lipinski definition) is 1. The first kappa shape index (κ1) is 19.6. The van der Waals surface area contributed by atoms with Crippen LogP contribution >= 0.6 is 11.8 Å². The van der Waals surface area contributed by atoms with Gasteiger partial charge in [-0.05, 0) is 42.8 Å². The van der Waals surface area contributed by atoms with Gasteiger partial charge in [0.1, 0.15) is 11.1 Å². The fraction of sp³-hybridized carbons (Fsp3) is 0.0833. The SMILES string of the molecule is Cc1cc(C#N)c(SCC(=O)Nc2cccc3ncccc23)nc1-c1ccccc1. The van der Waals surface area contributed by atoms with Crippen LogP contribution in [0.2, 0.25) is 0 Å². The van der Waals surface area contributed by atoms with Gasteiger partial charge in [-0.3, -0.25) is 9.78 Å². The van der Waals surface area contributed by atoms with Crippen molar-refractivity contribution in [1.82, 2.24) is 9.97 Å². The molecule has 0 saturated carbocycles. The topological polar surface area (TPSA) is 78.7 Å². The second-order valence-corrected chi connectivity index (χ2v) is 7.66. The number of rotatable bonds is 5. The van der Waals surface area contributed by atoms with Gasteiger partial charge >= 0.3 is 0 Å². The molecule has 0 bridgehead atoms. The van der Waals surface area contributed by atoms with E-state index in [1.807, 2.05) is 73.7 Å². The molecule has 0 aliphatic rings. The lowest BCUT2D eigenvalue weighted by atomic mass is 10.1. The number of pyridine rings is 2. The van der Waals surface area contributed by atoms with Crippen LogP contribution in [0.5, 0.6) is 0 Å². The fourth-order valence-corrected chi connectivity index (χ4v) is 3.96. The average molecular weight is 411 g/mol. The van der Waals surface area contributed by atoms with Crippen LogP contribution in [0.15, 0.2) is 78.0 Å². The first-order valence-corrected chi connectivity index (χ1v) is 10.4. The van der Waals surface area contributed by atoms with E-state index in [1.165, 1.54) is 11.8 Å². The Hall–Kier alpha value is -3.69. The highest BCUT2D eigenvalue weighted by molar-refractivity contribution is 8.00. The number of fused-ring (bicyclic) bond motifs is 1. The molecule has 4 aromatic rings. The van der Waals surface area contributed by atoms with Crippen LogP contribution in [0.4, 0.5) is 5.69 Å². The highest BCUT2D eigenvalue weighted by Gasteiger charge is 2.14. The maximum Gasteiger partial charge on any atom is 0.234 e. The second-order valence-electron chi connectivity index (χ2n) is 6.70. The summed E-state index contributed by atoms with van der Waals surface area (Å²) in [5.41, 5.74) is 4.73. The van der Waals surface area contributed by atoms with Gasteiger partial charge in [0.15, 0.2) is 0 Å². The minimum absolute atomic E-state index is 0.148. The summed E-state index contributed by atoms with van der Waals surface area (Å²) in [6, 6.07) is 23.2. The predicted octanol–water partition coefficient (Wildman–Crippen LogP) is 5.21. The molecule has 2 aromatic carbocycles. The van der Waals surface area contributed by atoms with E-state index >= 15 is 0 Å². The third-order valence-electron chi connectivity index (χ3n) is 4.61. The minimum Gasteiger partial charge on any atom is -0.325 e. The first-order valence-electron chi connectivity index (χ1n) is 9.39. The Kier molecular flexibility index (Phi) is 5.73. The Morgan fingerprint density at radius 2 is 1.93 bits per heavy atom. The van der Waals surface area contributed by atoms with Gasteiger partial charge in [0, 0.05) is 17.1 Å². The standard InChI is InChI=1S/C24H18N4OS/c1-16-13-18(14-25)24(28-23(16)17-7-3-2-4-8-17)30-15-22(29)27-21-11-5-10-20-19(21)9-6-12-26-20/h2-13H,15H2,1H3,(H,27,29). The van der Waals surface area contributed by atoms with Gasteiger partial charge in [-0.15, -0.1) is 0 Å². The van der Waals surface area contributed by atoms with Crippen molar-refractivity contribution >= 4 is 34.3 Å². The largest absolute Gasteiger partial charge is 0.325 e. The molecular weight excluding hydrogens is 392 g/mol. The van der Waals surface area contributed by atoms with E-state index in [9.17, 15) is 10.1 Å². The van der Waals surface area contributed by atoms with Crippen LogP contribution in [0.1, 0.15) is 11.1 Å². The van der Waals surface area contributed by atoms with Crippen molar-refractivity contribution < 1.29 is 4.79 Å². The molecule has 6 heteroatoms. The number of amides is 1. The quantitative estimate of drug-likeness (QED) is 0.457. The van der Waals surface area contributed by atoms with Crippen LogP contribution in [-0.2, 0) is 4.79 Å². The van der Waals surface area contributed by atoms with E-state index in [1.54, 1.807) is 6.20 Å². The summed E-state index contributed by atoms with van der Waals surface area (Å²) in [6.07, 6.45) is 1.72. The number of carbonyl (C=O) groups is 1. The number of carbonyl (C=O) groups excluding carboxylic acids is 1. The lowest BCUT2D eigenvalue weighted by molar-refractivity contribution is -0.113. The fourth-order valence-electron chi connectivity index (χ4n) is 3.21. The molecule has 0 aliphatic carbocycles. The summed E-state index contributed by atoms with van der Waals surface area (Å²) in [5.74, 6) is -0.0146. The molecule has 0 saturated heterocycles. The molecule has 2 heterocycles. The molecule has 5 nitrogen and oxygen atoms in total. The molecule has 146 valence electrons. The van der Waals surface area contributed by atoms with Crippen molar-refractivity contribution in [2.24, 2.45) is 0 Å². The lowest BCUT2D eigenvalue weighted by Gasteiger charge is -2.11. The maximum atomic E-state index is 12.6. The molecule has 0 radical (unpaired) electrons. The minimum atomic E-state index is -0.163. The molecule has 0 spiro atoms. The molecule has 2 aromatic heterocycles. The molecular formula is C24H18N4OS. The van der Waals surface area contributed by atoms with Crippen LogP contribution in [-0.4, -0.2) is 21.6 Å². The van der Waals surface area contributed by atoms with E-state index in [-0.39, 0.29) is 11.7 Å². The number of nitrogens with one attached hydrogen (secondary N) is 1. The van der Waals surface area contributed by atoms with Crippen molar-refractivity contribution in [2.45, 2.75) is 11.9 Å². The number of benzene rings is 2. The van der Waals surface area contributed by atoms with E-state index in [0.717, 1.165) is 27.7 Å². The summed E-state index contributed by atoms with van der Waals surface area (Å²) >= 11 is 1.26. The predicted molar refractivity (Wildman–Crippen MR) is 120 cm³/mol. The Morgan fingerprint density at radius 3 is 2.73 bits per heavy atom. The number of hydrogen-bond acceptors (Lipinski definition) is 5. The average Bonchev–Trinajstić information content (AvgIpc) is 2.79. The molecule has 0 aliphatic heterocycles. The normalized spacial score (nSPS) is 10.5. The van der Waals surface area contributed by atoms with Gasteiger partial charge in [-0.1, -0.05) is 48.2 Å². The molecule has 1 amide bonds. The smallest absolute Gasteiger partial charge is 0.234 e. The Morgan fingerprint density at radius 1 is 1.10 bits per heavy atom. The van der Waals surface area contributed by atoms with Crippen molar-refractivity contribution in [2.75, 3.05) is 11.1 Å². The summed E-state index contributed by atoms with van der Waals surface area (Å²) in [5, 5.41) is 13.9. The van der Waals surface area contributed by atoms with Crippen LogP contribution < -0.4 is 5.32 Å². The van der Waals surface area contributed by atoms with Gasteiger partial charge in [-0.25, -0.2) is 4.98 Å². The third-order valence-corrected chi connectivity index (χ3v) is 5.60. The van der Waals surface area contributed by atoms with Crippen molar-refractivity contribution in [3.63, 3.8) is 0 Å².